The fraction of sp³-hybridized carbons (Fsp3) is 0.600. The van der Waals surface area contributed by atoms with Crippen LogP contribution in [0, 0.1) is 0 Å². The van der Waals surface area contributed by atoms with E-state index in [1.807, 2.05) is 0 Å². The van der Waals surface area contributed by atoms with Gasteiger partial charge in [0.2, 0.25) is 0 Å². The van der Waals surface area contributed by atoms with Gasteiger partial charge >= 0.3 is 5.97 Å². The Bertz CT molecular complexity index is 495. The van der Waals surface area contributed by atoms with Gasteiger partial charge in [-0.1, -0.05) is 6.07 Å². The first-order chi connectivity index (χ1) is 11.0. The number of alkyl halides is 2. The Hall–Kier alpha value is -1.80. The first-order valence-electron chi connectivity index (χ1n) is 7.41. The van der Waals surface area contributed by atoms with Crippen LogP contribution in [0.4, 0.5) is 14.6 Å². The van der Waals surface area contributed by atoms with E-state index in [4.69, 9.17) is 14.6 Å². The van der Waals surface area contributed by atoms with Gasteiger partial charge in [-0.05, 0) is 11.6 Å². The van der Waals surface area contributed by atoms with E-state index >= 15 is 0 Å². The van der Waals surface area contributed by atoms with E-state index in [0.717, 1.165) is 26.4 Å². The largest absolute Gasteiger partial charge is 0.481 e. The third kappa shape index (κ3) is 6.07. The van der Waals surface area contributed by atoms with Crippen LogP contribution in [-0.2, 0) is 20.7 Å². The lowest BCUT2D eigenvalue weighted by Gasteiger charge is -2.16. The zero-order chi connectivity index (χ0) is 16.7. The van der Waals surface area contributed by atoms with Crippen molar-refractivity contribution in [2.45, 2.75) is 18.8 Å². The zero-order valence-corrected chi connectivity index (χ0v) is 12.7. The minimum atomic E-state index is -2.65. The standard InChI is InChI=1S/C11H12F2N2O2.C4H8O2/c12-11(13)3-4-15(7-11)9-2-1-8(6-14-9)5-10(16)17;1-2-6-4-3-5-1/h1-2,6H,3-5,7H2,(H,16,17);1-4H2. The number of halogens is 2. The van der Waals surface area contributed by atoms with Crippen molar-refractivity contribution in [3.8, 4) is 0 Å². The van der Waals surface area contributed by atoms with E-state index in [-0.39, 0.29) is 25.9 Å². The quantitative estimate of drug-likeness (QED) is 0.907. The van der Waals surface area contributed by atoms with Gasteiger partial charge in [0.15, 0.2) is 0 Å². The van der Waals surface area contributed by atoms with Gasteiger partial charge in [-0.25, -0.2) is 13.8 Å². The highest BCUT2D eigenvalue weighted by Crippen LogP contribution is 2.29. The number of nitrogens with zero attached hydrogens (tertiary/aromatic N) is 2. The van der Waals surface area contributed by atoms with Crippen molar-refractivity contribution in [2.24, 2.45) is 0 Å². The summed E-state index contributed by atoms with van der Waals surface area (Å²) in [5.74, 6) is -3.12. The molecule has 0 amide bonds. The molecule has 6 nitrogen and oxygen atoms in total. The summed E-state index contributed by atoms with van der Waals surface area (Å²) in [5.41, 5.74) is 0.562. The highest BCUT2D eigenvalue weighted by atomic mass is 19.3. The van der Waals surface area contributed by atoms with Crippen molar-refractivity contribution in [1.29, 1.82) is 0 Å². The molecule has 1 aromatic rings. The molecule has 0 saturated carbocycles. The summed E-state index contributed by atoms with van der Waals surface area (Å²) in [4.78, 5) is 16.0. The fourth-order valence-corrected chi connectivity index (χ4v) is 2.25. The highest BCUT2D eigenvalue weighted by Gasteiger charge is 2.38. The van der Waals surface area contributed by atoms with Gasteiger partial charge in [-0.3, -0.25) is 4.79 Å². The number of aliphatic carboxylic acids is 1. The summed E-state index contributed by atoms with van der Waals surface area (Å²) in [7, 11) is 0. The molecule has 23 heavy (non-hydrogen) atoms. The number of carbonyl (C=O) groups is 1. The van der Waals surface area contributed by atoms with Crippen molar-refractivity contribution >= 4 is 11.8 Å². The van der Waals surface area contributed by atoms with Gasteiger partial charge < -0.3 is 19.5 Å². The molecule has 0 aliphatic carbocycles. The maximum Gasteiger partial charge on any atom is 0.307 e. The van der Waals surface area contributed by atoms with E-state index < -0.39 is 11.9 Å². The molecular weight excluding hydrogens is 310 g/mol. The Morgan fingerprint density at radius 3 is 2.30 bits per heavy atom. The molecule has 3 heterocycles. The minimum Gasteiger partial charge on any atom is -0.481 e. The van der Waals surface area contributed by atoms with Crippen LogP contribution in [0.2, 0.25) is 0 Å². The molecule has 0 aromatic carbocycles. The molecule has 0 unspecified atom stereocenters. The fourth-order valence-electron chi connectivity index (χ4n) is 2.25. The second kappa shape index (κ2) is 8.16. The molecule has 1 N–H and O–H groups in total. The average Bonchev–Trinajstić information content (AvgIpc) is 2.90. The number of aromatic nitrogens is 1. The number of carboxylic acid groups (broad SMARTS) is 1. The molecule has 0 atom stereocenters. The van der Waals surface area contributed by atoms with Crippen LogP contribution in [0.15, 0.2) is 18.3 Å². The number of anilines is 1. The number of carboxylic acids is 1. The molecular formula is C15H20F2N2O4. The molecule has 0 bridgehead atoms. The third-order valence-electron chi connectivity index (χ3n) is 3.40. The smallest absolute Gasteiger partial charge is 0.307 e. The summed E-state index contributed by atoms with van der Waals surface area (Å²) < 4.78 is 35.9. The first-order valence-corrected chi connectivity index (χ1v) is 7.41. The Kier molecular flexibility index (Phi) is 6.23. The normalized spacial score (nSPS) is 19.8. The van der Waals surface area contributed by atoms with Gasteiger partial charge in [-0.15, -0.1) is 0 Å². The van der Waals surface area contributed by atoms with Gasteiger partial charge in [-0.2, -0.15) is 0 Å². The number of rotatable bonds is 3. The third-order valence-corrected chi connectivity index (χ3v) is 3.40. The van der Waals surface area contributed by atoms with Crippen LogP contribution >= 0.6 is 0 Å². The molecule has 0 spiro atoms. The maximum absolute atomic E-state index is 13.0. The van der Waals surface area contributed by atoms with Gasteiger partial charge in [0.05, 0.1) is 39.4 Å². The number of pyridine rings is 1. The van der Waals surface area contributed by atoms with Crippen LogP contribution in [0.5, 0.6) is 0 Å². The van der Waals surface area contributed by atoms with Crippen LogP contribution < -0.4 is 4.90 Å². The van der Waals surface area contributed by atoms with E-state index in [1.165, 1.54) is 11.1 Å². The summed E-state index contributed by atoms with van der Waals surface area (Å²) in [6.07, 6.45) is 1.15. The summed E-state index contributed by atoms with van der Waals surface area (Å²) >= 11 is 0. The predicted molar refractivity (Wildman–Crippen MR) is 79.0 cm³/mol. The SMILES string of the molecule is C1COCCO1.O=C(O)Cc1ccc(N2CCC(F)(F)C2)nc1. The maximum atomic E-state index is 13.0. The van der Waals surface area contributed by atoms with Crippen LogP contribution in [0.1, 0.15) is 12.0 Å². The molecule has 8 heteroatoms. The summed E-state index contributed by atoms with van der Waals surface area (Å²) in [5, 5.41) is 8.58. The molecule has 1 aromatic heterocycles. The molecule has 2 saturated heterocycles. The molecule has 128 valence electrons. The van der Waals surface area contributed by atoms with Gasteiger partial charge in [0, 0.05) is 19.2 Å². The van der Waals surface area contributed by atoms with E-state index in [1.54, 1.807) is 12.1 Å². The van der Waals surface area contributed by atoms with Crippen LogP contribution in [0.3, 0.4) is 0 Å². The van der Waals surface area contributed by atoms with Crippen molar-refractivity contribution < 1.29 is 28.2 Å². The lowest BCUT2D eigenvalue weighted by atomic mass is 10.2. The second-order valence-corrected chi connectivity index (χ2v) is 5.35. The van der Waals surface area contributed by atoms with Crippen LogP contribution in [0.25, 0.3) is 0 Å². The number of hydrogen-bond acceptors (Lipinski definition) is 5. The zero-order valence-electron chi connectivity index (χ0n) is 12.7. The monoisotopic (exact) mass is 330 g/mol. The second-order valence-electron chi connectivity index (χ2n) is 5.35. The summed E-state index contributed by atoms with van der Waals surface area (Å²) in [6.45, 7) is 3.07. The lowest BCUT2D eigenvalue weighted by molar-refractivity contribution is -0.136. The number of ether oxygens (including phenoxy) is 2. The lowest BCUT2D eigenvalue weighted by Crippen LogP contribution is -2.25. The molecule has 2 aliphatic rings. The predicted octanol–water partition coefficient (Wildman–Crippen LogP) is 1.59. The Labute approximate surface area is 133 Å². The molecule has 3 rings (SSSR count). The Morgan fingerprint density at radius 1 is 1.26 bits per heavy atom. The van der Waals surface area contributed by atoms with Gasteiger partial charge in [0.25, 0.3) is 5.92 Å². The van der Waals surface area contributed by atoms with Crippen molar-refractivity contribution in [3.05, 3.63) is 23.9 Å². The average molecular weight is 330 g/mol. The van der Waals surface area contributed by atoms with Crippen molar-refractivity contribution in [1.82, 2.24) is 4.98 Å². The van der Waals surface area contributed by atoms with Crippen molar-refractivity contribution in [3.63, 3.8) is 0 Å². The highest BCUT2D eigenvalue weighted by molar-refractivity contribution is 5.70. The minimum absolute atomic E-state index is 0.108. The van der Waals surface area contributed by atoms with E-state index in [9.17, 15) is 13.6 Å². The molecule has 2 aliphatic heterocycles. The molecule has 0 radical (unpaired) electrons. The van der Waals surface area contributed by atoms with Crippen LogP contribution in [-0.4, -0.2) is 61.5 Å². The topological polar surface area (TPSA) is 71.9 Å². The Balaban J connectivity index is 0.000000268. The van der Waals surface area contributed by atoms with E-state index in [2.05, 4.69) is 4.98 Å². The summed E-state index contributed by atoms with van der Waals surface area (Å²) in [6, 6.07) is 3.19. The van der Waals surface area contributed by atoms with E-state index in [0.29, 0.717) is 11.4 Å². The first kappa shape index (κ1) is 17.6. The molecule has 2 fully saturated rings. The van der Waals surface area contributed by atoms with Crippen molar-refractivity contribution in [2.75, 3.05) is 44.4 Å². The number of hydrogen-bond donors (Lipinski definition) is 1. The Morgan fingerprint density at radius 2 is 1.91 bits per heavy atom. The van der Waals surface area contributed by atoms with Gasteiger partial charge in [0.1, 0.15) is 5.82 Å².